The molecule has 2 amide bonds. The molecule has 28 heavy (non-hydrogen) atoms. The van der Waals surface area contributed by atoms with E-state index in [1.165, 1.54) is 18.9 Å². The Morgan fingerprint density at radius 3 is 2.29 bits per heavy atom. The summed E-state index contributed by atoms with van der Waals surface area (Å²) in [5, 5.41) is 2.80. The van der Waals surface area contributed by atoms with Gasteiger partial charge >= 0.3 is 5.97 Å². The lowest BCUT2D eigenvalue weighted by Gasteiger charge is -2.23. The lowest BCUT2D eigenvalue weighted by Crippen LogP contribution is -2.38. The molecule has 2 aromatic rings. The van der Waals surface area contributed by atoms with E-state index in [2.05, 4.69) is 5.32 Å². The van der Waals surface area contributed by atoms with Gasteiger partial charge in [-0.25, -0.2) is 4.79 Å². The highest BCUT2D eigenvalue weighted by Gasteiger charge is 2.19. The highest BCUT2D eigenvalue weighted by Crippen LogP contribution is 2.21. The summed E-state index contributed by atoms with van der Waals surface area (Å²) in [7, 11) is 2.87. The maximum Gasteiger partial charge on any atom is 0.339 e. The van der Waals surface area contributed by atoms with Crippen LogP contribution in [0.1, 0.15) is 22.8 Å². The number of nitrogens with zero attached hydrogens (tertiary/aromatic N) is 1. The third kappa shape index (κ3) is 5.57. The number of carbonyl (C=O) groups excluding carboxylic acids is 3. The fourth-order valence-corrected chi connectivity index (χ4v) is 2.74. The van der Waals surface area contributed by atoms with Gasteiger partial charge in [-0.3, -0.25) is 9.59 Å². The number of ether oxygens (including phenoxy) is 2. The van der Waals surface area contributed by atoms with Gasteiger partial charge < -0.3 is 19.7 Å². The van der Waals surface area contributed by atoms with E-state index in [0.29, 0.717) is 11.3 Å². The number of methoxy groups -OCH3 is 2. The minimum absolute atomic E-state index is 0.157. The van der Waals surface area contributed by atoms with Crippen LogP contribution < -0.4 is 15.0 Å². The van der Waals surface area contributed by atoms with E-state index < -0.39 is 5.97 Å². The Morgan fingerprint density at radius 1 is 1.00 bits per heavy atom. The molecule has 0 radical (unpaired) electrons. The van der Waals surface area contributed by atoms with Crippen molar-refractivity contribution in [1.82, 2.24) is 5.32 Å². The first-order chi connectivity index (χ1) is 13.5. The molecule has 1 N–H and O–H groups in total. The van der Waals surface area contributed by atoms with Gasteiger partial charge in [0.05, 0.1) is 31.9 Å². The van der Waals surface area contributed by atoms with Crippen molar-refractivity contribution in [3.05, 3.63) is 59.7 Å². The molecule has 0 atom stereocenters. The summed E-state index contributed by atoms with van der Waals surface area (Å²) in [6, 6.07) is 13.9. The number of esters is 1. The van der Waals surface area contributed by atoms with Crippen LogP contribution in [0.4, 0.5) is 5.69 Å². The molecule has 0 aliphatic heterocycles. The summed E-state index contributed by atoms with van der Waals surface area (Å²) >= 11 is 0. The van der Waals surface area contributed by atoms with Crippen molar-refractivity contribution in [2.24, 2.45) is 0 Å². The SMILES string of the molecule is COC(=O)c1ccccc1N(CCNC(=O)Cc1ccc(OC)cc1)C(C)=O. The summed E-state index contributed by atoms with van der Waals surface area (Å²) in [6.07, 6.45) is 0.225. The van der Waals surface area contributed by atoms with Gasteiger partial charge in [0.2, 0.25) is 11.8 Å². The molecule has 0 bridgehead atoms. The minimum Gasteiger partial charge on any atom is -0.497 e. The predicted octanol–water partition coefficient (Wildman–Crippen LogP) is 2.19. The van der Waals surface area contributed by atoms with E-state index in [9.17, 15) is 14.4 Å². The summed E-state index contributed by atoms with van der Waals surface area (Å²) in [6.45, 7) is 1.90. The van der Waals surface area contributed by atoms with E-state index >= 15 is 0 Å². The Morgan fingerprint density at radius 2 is 1.68 bits per heavy atom. The molecule has 0 heterocycles. The molecule has 0 saturated carbocycles. The van der Waals surface area contributed by atoms with E-state index in [1.54, 1.807) is 43.5 Å². The number of nitrogens with one attached hydrogen (secondary N) is 1. The molecule has 7 nitrogen and oxygen atoms in total. The Hall–Kier alpha value is -3.35. The fourth-order valence-electron chi connectivity index (χ4n) is 2.74. The first-order valence-corrected chi connectivity index (χ1v) is 8.81. The second-order valence-electron chi connectivity index (χ2n) is 6.05. The topological polar surface area (TPSA) is 84.9 Å². The molecular weight excluding hydrogens is 360 g/mol. The van der Waals surface area contributed by atoms with Crippen molar-refractivity contribution in [2.75, 3.05) is 32.2 Å². The summed E-state index contributed by atoms with van der Waals surface area (Å²) in [5.41, 5.74) is 1.61. The second kappa shape index (κ2) is 10.1. The molecule has 0 saturated heterocycles. The Bertz CT molecular complexity index is 833. The standard InChI is InChI=1S/C21H24N2O5/c1-15(24)23(19-7-5-4-6-18(19)21(26)28-3)13-12-22-20(25)14-16-8-10-17(27-2)11-9-16/h4-11H,12-14H2,1-3H3,(H,22,25). The summed E-state index contributed by atoms with van der Waals surface area (Å²) in [4.78, 5) is 37.6. The molecule has 148 valence electrons. The van der Waals surface area contributed by atoms with Crippen LogP contribution in [0.15, 0.2) is 48.5 Å². The van der Waals surface area contributed by atoms with Crippen molar-refractivity contribution in [3.63, 3.8) is 0 Å². The molecule has 0 fully saturated rings. The third-order valence-electron chi connectivity index (χ3n) is 4.16. The maximum absolute atomic E-state index is 12.2. The first kappa shape index (κ1) is 21.0. The highest BCUT2D eigenvalue weighted by molar-refractivity contribution is 6.01. The van der Waals surface area contributed by atoms with Gasteiger partial charge in [0.15, 0.2) is 0 Å². The normalized spacial score (nSPS) is 10.1. The number of benzene rings is 2. The van der Waals surface area contributed by atoms with Gasteiger partial charge in [0.1, 0.15) is 5.75 Å². The Balaban J connectivity index is 1.97. The molecule has 7 heteroatoms. The number of amides is 2. The summed E-state index contributed by atoms with van der Waals surface area (Å²) < 4.78 is 9.87. The number of para-hydroxylation sites is 1. The quantitative estimate of drug-likeness (QED) is 0.706. The second-order valence-corrected chi connectivity index (χ2v) is 6.05. The molecule has 0 unspecified atom stereocenters. The highest BCUT2D eigenvalue weighted by atomic mass is 16.5. The number of hydrogen-bond donors (Lipinski definition) is 1. The molecule has 0 aromatic heterocycles. The molecular formula is C21H24N2O5. The number of hydrogen-bond acceptors (Lipinski definition) is 5. The van der Waals surface area contributed by atoms with Crippen LogP contribution in [0.3, 0.4) is 0 Å². The maximum atomic E-state index is 12.2. The van der Waals surface area contributed by atoms with E-state index in [0.717, 1.165) is 11.3 Å². The zero-order valence-corrected chi connectivity index (χ0v) is 16.2. The average molecular weight is 384 g/mol. The summed E-state index contributed by atoms with van der Waals surface area (Å²) in [5.74, 6) is -0.188. The Kier molecular flexibility index (Phi) is 7.56. The molecule has 2 rings (SSSR count). The molecule has 0 spiro atoms. The largest absolute Gasteiger partial charge is 0.497 e. The van der Waals surface area contributed by atoms with Crippen LogP contribution in [0, 0.1) is 0 Å². The van der Waals surface area contributed by atoms with E-state index in [-0.39, 0.29) is 31.3 Å². The van der Waals surface area contributed by atoms with Gasteiger partial charge in [-0.1, -0.05) is 24.3 Å². The lowest BCUT2D eigenvalue weighted by molar-refractivity contribution is -0.121. The van der Waals surface area contributed by atoms with Crippen LogP contribution in [0.2, 0.25) is 0 Å². The van der Waals surface area contributed by atoms with Crippen molar-refractivity contribution >= 4 is 23.5 Å². The van der Waals surface area contributed by atoms with Crippen molar-refractivity contribution in [3.8, 4) is 5.75 Å². The van der Waals surface area contributed by atoms with E-state index in [1.807, 2.05) is 12.1 Å². The Labute approximate surface area is 164 Å². The smallest absolute Gasteiger partial charge is 0.339 e. The number of anilines is 1. The number of carbonyl (C=O) groups is 3. The van der Waals surface area contributed by atoms with Gasteiger partial charge in [0, 0.05) is 20.0 Å². The van der Waals surface area contributed by atoms with Gasteiger partial charge in [-0.15, -0.1) is 0 Å². The van der Waals surface area contributed by atoms with Crippen LogP contribution in [0.25, 0.3) is 0 Å². The first-order valence-electron chi connectivity index (χ1n) is 8.81. The van der Waals surface area contributed by atoms with Gasteiger partial charge in [0.25, 0.3) is 0 Å². The van der Waals surface area contributed by atoms with Crippen molar-refractivity contribution < 1.29 is 23.9 Å². The van der Waals surface area contributed by atoms with Crippen LogP contribution in [-0.4, -0.2) is 45.1 Å². The van der Waals surface area contributed by atoms with Crippen LogP contribution in [0.5, 0.6) is 5.75 Å². The molecule has 0 aliphatic rings. The lowest BCUT2D eigenvalue weighted by atomic mass is 10.1. The van der Waals surface area contributed by atoms with Crippen molar-refractivity contribution in [2.45, 2.75) is 13.3 Å². The monoisotopic (exact) mass is 384 g/mol. The van der Waals surface area contributed by atoms with Crippen molar-refractivity contribution in [1.29, 1.82) is 0 Å². The van der Waals surface area contributed by atoms with Gasteiger partial charge in [-0.2, -0.15) is 0 Å². The van der Waals surface area contributed by atoms with Crippen LogP contribution >= 0.6 is 0 Å². The zero-order valence-electron chi connectivity index (χ0n) is 16.2. The third-order valence-corrected chi connectivity index (χ3v) is 4.16. The fraction of sp³-hybridized carbons (Fsp3) is 0.286. The minimum atomic E-state index is -0.523. The predicted molar refractivity (Wildman–Crippen MR) is 106 cm³/mol. The molecule has 2 aromatic carbocycles. The van der Waals surface area contributed by atoms with E-state index in [4.69, 9.17) is 9.47 Å². The molecule has 0 aliphatic carbocycles. The number of rotatable bonds is 8. The van der Waals surface area contributed by atoms with Gasteiger partial charge in [-0.05, 0) is 29.8 Å². The zero-order chi connectivity index (χ0) is 20.5. The average Bonchev–Trinajstić information content (AvgIpc) is 2.71. The van der Waals surface area contributed by atoms with Crippen LogP contribution in [-0.2, 0) is 20.7 Å².